The molecule has 2 rings (SSSR count). The summed E-state index contributed by atoms with van der Waals surface area (Å²) in [6.07, 6.45) is 0. The van der Waals surface area contributed by atoms with Crippen molar-refractivity contribution in [1.82, 2.24) is 4.31 Å². The van der Waals surface area contributed by atoms with Gasteiger partial charge in [-0.15, -0.1) is 0 Å². The molecule has 0 saturated carbocycles. The van der Waals surface area contributed by atoms with E-state index in [1.807, 2.05) is 13.8 Å². The first-order chi connectivity index (χ1) is 8.73. The van der Waals surface area contributed by atoms with Crippen LogP contribution in [0.5, 0.6) is 0 Å². The smallest absolute Gasteiger partial charge is 0.371 e. The van der Waals surface area contributed by atoms with Crippen LogP contribution in [0.25, 0.3) is 0 Å². The second kappa shape index (κ2) is 4.64. The van der Waals surface area contributed by atoms with E-state index in [0.29, 0.717) is 24.9 Å². The van der Waals surface area contributed by atoms with Crippen molar-refractivity contribution < 1.29 is 22.7 Å². The molecule has 2 heterocycles. The highest BCUT2D eigenvalue weighted by Gasteiger charge is 2.37. The van der Waals surface area contributed by atoms with E-state index in [1.54, 1.807) is 0 Å². The number of carboxylic acids is 1. The molecule has 1 saturated heterocycles. The Morgan fingerprint density at radius 1 is 1.37 bits per heavy atom. The first-order valence-corrected chi connectivity index (χ1v) is 7.51. The summed E-state index contributed by atoms with van der Waals surface area (Å²) in [7, 11) is -3.67. The number of carbonyl (C=O) groups is 1. The summed E-state index contributed by atoms with van der Waals surface area (Å²) in [6, 6.07) is 1.08. The van der Waals surface area contributed by atoms with Gasteiger partial charge < -0.3 is 9.52 Å². The summed E-state index contributed by atoms with van der Waals surface area (Å²) in [5.74, 6) is -0.921. The van der Waals surface area contributed by atoms with E-state index in [2.05, 4.69) is 0 Å². The number of furan rings is 1. The van der Waals surface area contributed by atoms with Crippen molar-refractivity contribution in [1.29, 1.82) is 0 Å². The molecule has 1 aromatic heterocycles. The molecule has 1 aliphatic rings. The predicted molar refractivity (Wildman–Crippen MR) is 67.5 cm³/mol. The number of hydrogen-bond donors (Lipinski definition) is 1. The molecule has 0 radical (unpaired) electrons. The third-order valence-corrected chi connectivity index (χ3v) is 5.59. The van der Waals surface area contributed by atoms with Gasteiger partial charge in [-0.3, -0.25) is 0 Å². The molecule has 106 valence electrons. The van der Waals surface area contributed by atoms with Gasteiger partial charge >= 0.3 is 5.97 Å². The van der Waals surface area contributed by atoms with Crippen LogP contribution in [0, 0.1) is 18.8 Å². The predicted octanol–water partition coefficient (Wildman–Crippen LogP) is 1.56. The first-order valence-electron chi connectivity index (χ1n) is 6.07. The van der Waals surface area contributed by atoms with Gasteiger partial charge in [0, 0.05) is 19.2 Å². The minimum absolute atomic E-state index is 0.0498. The minimum atomic E-state index is -3.67. The largest absolute Gasteiger partial charge is 0.475 e. The molecular weight excluding hydrogens is 270 g/mol. The normalized spacial score (nSPS) is 24.8. The van der Waals surface area contributed by atoms with Crippen LogP contribution in [0.4, 0.5) is 0 Å². The fraction of sp³-hybridized carbons (Fsp3) is 0.583. The van der Waals surface area contributed by atoms with Gasteiger partial charge in [0.1, 0.15) is 10.7 Å². The van der Waals surface area contributed by atoms with Crippen molar-refractivity contribution in [2.24, 2.45) is 11.8 Å². The zero-order chi connectivity index (χ0) is 14.4. The van der Waals surface area contributed by atoms with Gasteiger partial charge in [-0.25, -0.2) is 13.2 Å². The van der Waals surface area contributed by atoms with Crippen LogP contribution in [0.2, 0.25) is 0 Å². The van der Waals surface area contributed by atoms with Crippen molar-refractivity contribution in [3.63, 3.8) is 0 Å². The molecule has 2 unspecified atom stereocenters. The molecule has 6 nitrogen and oxygen atoms in total. The monoisotopic (exact) mass is 287 g/mol. The number of aromatic carboxylic acids is 1. The molecule has 0 spiro atoms. The Labute approximate surface area is 112 Å². The molecule has 19 heavy (non-hydrogen) atoms. The average Bonchev–Trinajstić information content (AvgIpc) is 2.84. The molecule has 0 bridgehead atoms. The highest BCUT2D eigenvalue weighted by atomic mass is 32.2. The minimum Gasteiger partial charge on any atom is -0.475 e. The lowest BCUT2D eigenvalue weighted by Crippen LogP contribution is -2.29. The van der Waals surface area contributed by atoms with E-state index in [1.165, 1.54) is 11.2 Å². The molecular formula is C12H17NO5S. The van der Waals surface area contributed by atoms with Crippen molar-refractivity contribution in [2.45, 2.75) is 25.7 Å². The van der Waals surface area contributed by atoms with Gasteiger partial charge in [0.15, 0.2) is 0 Å². The van der Waals surface area contributed by atoms with E-state index in [4.69, 9.17) is 9.52 Å². The second-order valence-corrected chi connectivity index (χ2v) is 7.02. The van der Waals surface area contributed by atoms with Crippen LogP contribution in [-0.4, -0.2) is 36.9 Å². The summed E-state index contributed by atoms with van der Waals surface area (Å²) in [5, 5.41) is 8.84. The number of nitrogens with zero attached hydrogens (tertiary/aromatic N) is 1. The van der Waals surface area contributed by atoms with Gasteiger partial charge in [-0.05, 0) is 18.8 Å². The maximum absolute atomic E-state index is 12.5. The first kappa shape index (κ1) is 14.1. The Balaban J connectivity index is 2.38. The third kappa shape index (κ3) is 2.40. The van der Waals surface area contributed by atoms with Crippen LogP contribution in [0.15, 0.2) is 15.4 Å². The number of sulfonamides is 1. The maximum atomic E-state index is 12.5. The summed E-state index contributed by atoms with van der Waals surface area (Å²) >= 11 is 0. The molecule has 1 fully saturated rings. The standard InChI is InChI=1S/C12H17NO5S/c1-7-5-13(6-8(7)2)19(16,17)11-4-10(12(14)15)18-9(11)3/h4,7-8H,5-6H2,1-3H3,(H,14,15). The van der Waals surface area contributed by atoms with E-state index < -0.39 is 16.0 Å². The number of aryl methyl sites for hydroxylation is 1. The summed E-state index contributed by atoms with van der Waals surface area (Å²) in [6.45, 7) is 6.38. The number of carboxylic acid groups (broad SMARTS) is 1. The Morgan fingerprint density at radius 3 is 2.32 bits per heavy atom. The Morgan fingerprint density at radius 2 is 1.89 bits per heavy atom. The molecule has 0 aliphatic carbocycles. The molecule has 0 amide bonds. The highest BCUT2D eigenvalue weighted by molar-refractivity contribution is 7.89. The van der Waals surface area contributed by atoms with Crippen LogP contribution < -0.4 is 0 Å². The molecule has 7 heteroatoms. The Kier molecular flexibility index (Phi) is 3.44. The summed E-state index contributed by atoms with van der Waals surface area (Å²) in [4.78, 5) is 10.8. The Bertz CT molecular complexity index is 594. The SMILES string of the molecule is Cc1oc(C(=O)O)cc1S(=O)(=O)N1CC(C)C(C)C1. The molecule has 1 aliphatic heterocycles. The van der Waals surface area contributed by atoms with E-state index in [0.717, 1.165) is 6.07 Å². The fourth-order valence-electron chi connectivity index (χ4n) is 2.24. The third-order valence-electron chi connectivity index (χ3n) is 3.66. The van der Waals surface area contributed by atoms with Gasteiger partial charge in [-0.2, -0.15) is 4.31 Å². The topological polar surface area (TPSA) is 87.8 Å². The molecule has 0 aromatic carbocycles. The van der Waals surface area contributed by atoms with Crippen molar-refractivity contribution >= 4 is 16.0 Å². The van der Waals surface area contributed by atoms with Crippen molar-refractivity contribution in [2.75, 3.05) is 13.1 Å². The van der Waals surface area contributed by atoms with Gasteiger partial charge in [0.25, 0.3) is 0 Å². The van der Waals surface area contributed by atoms with Crippen LogP contribution >= 0.6 is 0 Å². The van der Waals surface area contributed by atoms with E-state index >= 15 is 0 Å². The Hall–Kier alpha value is -1.34. The van der Waals surface area contributed by atoms with Gasteiger partial charge in [0.05, 0.1) is 0 Å². The molecule has 2 atom stereocenters. The highest BCUT2D eigenvalue weighted by Crippen LogP contribution is 2.30. The average molecular weight is 287 g/mol. The second-order valence-electron chi connectivity index (χ2n) is 5.11. The number of hydrogen-bond acceptors (Lipinski definition) is 4. The molecule has 1 aromatic rings. The van der Waals surface area contributed by atoms with Crippen molar-refractivity contribution in [3.05, 3.63) is 17.6 Å². The lowest BCUT2D eigenvalue weighted by Gasteiger charge is -2.15. The quantitative estimate of drug-likeness (QED) is 0.911. The lowest BCUT2D eigenvalue weighted by molar-refractivity contribution is 0.0661. The number of rotatable bonds is 3. The zero-order valence-electron chi connectivity index (χ0n) is 11.1. The lowest BCUT2D eigenvalue weighted by atomic mass is 10.0. The van der Waals surface area contributed by atoms with E-state index in [9.17, 15) is 13.2 Å². The van der Waals surface area contributed by atoms with Crippen LogP contribution in [0.1, 0.15) is 30.2 Å². The van der Waals surface area contributed by atoms with E-state index in [-0.39, 0.29) is 16.4 Å². The van der Waals surface area contributed by atoms with Gasteiger partial charge in [-0.1, -0.05) is 13.8 Å². The summed E-state index contributed by atoms with van der Waals surface area (Å²) in [5.41, 5.74) is 0. The van der Waals surface area contributed by atoms with Gasteiger partial charge in [0.2, 0.25) is 15.8 Å². The van der Waals surface area contributed by atoms with Crippen molar-refractivity contribution in [3.8, 4) is 0 Å². The summed E-state index contributed by atoms with van der Waals surface area (Å²) < 4.78 is 31.3. The fourth-order valence-corrected chi connectivity index (χ4v) is 4.04. The molecule has 1 N–H and O–H groups in total. The maximum Gasteiger partial charge on any atom is 0.371 e. The van der Waals surface area contributed by atoms with Crippen LogP contribution in [0.3, 0.4) is 0 Å². The zero-order valence-corrected chi connectivity index (χ0v) is 11.9. The van der Waals surface area contributed by atoms with Crippen LogP contribution in [-0.2, 0) is 10.0 Å².